The first-order valence-electron chi connectivity index (χ1n) is 12.8. The van der Waals surface area contributed by atoms with E-state index in [1.54, 1.807) is 6.92 Å². The van der Waals surface area contributed by atoms with Crippen molar-refractivity contribution in [1.82, 2.24) is 0 Å². The zero-order valence-corrected chi connectivity index (χ0v) is 24.3. The number of aliphatic hydroxyl groups excluding tert-OH is 2. The molecule has 0 fully saturated rings. The number of ether oxygens (including phenoxy) is 3. The Kier molecular flexibility index (Phi) is 9.42. The molecule has 222 valence electrons. The summed E-state index contributed by atoms with van der Waals surface area (Å²) in [4.78, 5) is 0.103. The summed E-state index contributed by atoms with van der Waals surface area (Å²) in [6.45, 7) is 3.11. The third-order valence-corrected chi connectivity index (χ3v) is 9.51. The summed E-state index contributed by atoms with van der Waals surface area (Å²) in [6.07, 6.45) is -2.96. The summed E-state index contributed by atoms with van der Waals surface area (Å²) in [5.41, 5.74) is 0. The van der Waals surface area contributed by atoms with Crippen molar-refractivity contribution in [3.05, 3.63) is 97.1 Å². The van der Waals surface area contributed by atoms with Gasteiger partial charge in [0, 0.05) is 0 Å². The Bertz CT molecular complexity index is 1680. The second-order valence-electron chi connectivity index (χ2n) is 9.42. The fourth-order valence-electron chi connectivity index (χ4n) is 3.71. The largest absolute Gasteiger partial charge is 0.508 e. The minimum atomic E-state index is -3.84. The number of phenolic OH excluding ortho intramolecular Hbond substituents is 1. The van der Waals surface area contributed by atoms with E-state index in [-0.39, 0.29) is 43.4 Å². The number of hydrogen-bond acceptors (Lipinski definition) is 10. The third-order valence-electron chi connectivity index (χ3n) is 5.94. The van der Waals surface area contributed by atoms with E-state index in [4.69, 9.17) is 14.2 Å². The molecule has 0 spiro atoms. The molecule has 3 N–H and O–H groups in total. The summed E-state index contributed by atoms with van der Waals surface area (Å²) in [7, 11) is -7.66. The molecular weight excluding hydrogens is 584 g/mol. The van der Waals surface area contributed by atoms with Gasteiger partial charge in [0.05, 0.1) is 25.7 Å². The fraction of sp³-hybridized carbons (Fsp3) is 0.200. The van der Waals surface area contributed by atoms with Crippen molar-refractivity contribution in [3.8, 4) is 23.0 Å². The van der Waals surface area contributed by atoms with Gasteiger partial charge in [0.15, 0.2) is 0 Å². The smallest absolute Gasteiger partial charge is 0.266 e. The minimum absolute atomic E-state index is 0.00813. The lowest BCUT2D eigenvalue weighted by Crippen LogP contribution is -2.35. The van der Waals surface area contributed by atoms with Crippen molar-refractivity contribution in [2.75, 3.05) is 6.61 Å². The first-order chi connectivity index (χ1) is 19.9. The van der Waals surface area contributed by atoms with Gasteiger partial charge in [-0.1, -0.05) is 0 Å². The third kappa shape index (κ3) is 7.39. The topological polar surface area (TPSA) is 157 Å². The van der Waals surface area contributed by atoms with Crippen LogP contribution in [0, 0.1) is 0 Å². The highest BCUT2D eigenvalue weighted by Gasteiger charge is 2.22. The van der Waals surface area contributed by atoms with Crippen LogP contribution < -0.4 is 14.2 Å². The summed E-state index contributed by atoms with van der Waals surface area (Å²) in [6, 6.07) is 22.1. The average Bonchev–Trinajstić information content (AvgIpc) is 2.96. The van der Waals surface area contributed by atoms with Gasteiger partial charge in [0.2, 0.25) is 19.7 Å². The van der Waals surface area contributed by atoms with Crippen molar-refractivity contribution in [3.63, 3.8) is 0 Å². The van der Waals surface area contributed by atoms with Gasteiger partial charge >= 0.3 is 0 Å². The lowest BCUT2D eigenvalue weighted by Gasteiger charge is -2.23. The molecule has 0 saturated carbocycles. The molecule has 0 radical (unpaired) electrons. The van der Waals surface area contributed by atoms with Crippen molar-refractivity contribution >= 4 is 19.7 Å². The van der Waals surface area contributed by atoms with Crippen molar-refractivity contribution < 1.29 is 46.4 Å². The quantitative estimate of drug-likeness (QED) is 0.200. The molecule has 0 aliphatic carbocycles. The van der Waals surface area contributed by atoms with Gasteiger partial charge < -0.3 is 29.5 Å². The predicted molar refractivity (Wildman–Crippen MR) is 152 cm³/mol. The lowest BCUT2D eigenvalue weighted by atomic mass is 10.3. The summed E-state index contributed by atoms with van der Waals surface area (Å²) >= 11 is 0. The van der Waals surface area contributed by atoms with Gasteiger partial charge in [-0.15, -0.1) is 0 Å². The van der Waals surface area contributed by atoms with E-state index in [0.29, 0.717) is 5.75 Å². The minimum Gasteiger partial charge on any atom is -0.508 e. The van der Waals surface area contributed by atoms with Crippen LogP contribution in [0.5, 0.6) is 23.0 Å². The second-order valence-corrected chi connectivity index (χ2v) is 13.3. The van der Waals surface area contributed by atoms with Crippen LogP contribution in [0.25, 0.3) is 0 Å². The zero-order valence-electron chi connectivity index (χ0n) is 22.7. The molecule has 0 amide bonds. The second kappa shape index (κ2) is 12.8. The van der Waals surface area contributed by atoms with E-state index in [9.17, 15) is 32.2 Å². The van der Waals surface area contributed by atoms with E-state index in [1.165, 1.54) is 104 Å². The van der Waals surface area contributed by atoms with Gasteiger partial charge in [-0.3, -0.25) is 0 Å². The molecule has 0 saturated heterocycles. The zero-order chi connectivity index (χ0) is 30.5. The molecule has 10 nitrogen and oxygen atoms in total. The van der Waals surface area contributed by atoms with E-state index in [2.05, 4.69) is 0 Å². The number of aromatic hydroxyl groups is 1. The molecule has 0 heterocycles. The lowest BCUT2D eigenvalue weighted by molar-refractivity contribution is -0.0778. The Morgan fingerprint density at radius 3 is 1.24 bits per heavy atom. The van der Waals surface area contributed by atoms with Gasteiger partial charge in [-0.05, 0) is 111 Å². The van der Waals surface area contributed by atoms with Crippen LogP contribution in [-0.4, -0.2) is 57.3 Å². The van der Waals surface area contributed by atoms with Crippen LogP contribution in [0.2, 0.25) is 0 Å². The maximum Gasteiger partial charge on any atom is 0.266 e. The number of benzene rings is 4. The van der Waals surface area contributed by atoms with Crippen LogP contribution in [0.1, 0.15) is 13.8 Å². The van der Waals surface area contributed by atoms with Crippen molar-refractivity contribution in [2.45, 2.75) is 51.9 Å². The van der Waals surface area contributed by atoms with Crippen molar-refractivity contribution in [1.29, 1.82) is 0 Å². The highest BCUT2D eigenvalue weighted by molar-refractivity contribution is 7.91. The molecule has 0 aromatic heterocycles. The SMILES string of the molecule is CC(O)COc1ccc(S(=O)(=O)c2ccc(OC(Oc3ccc(S(=O)(=O)c4ccc(O)cc4)cc3)C(C)O)cc2)cc1. The number of aliphatic hydroxyl groups is 2. The van der Waals surface area contributed by atoms with Crippen LogP contribution in [-0.2, 0) is 19.7 Å². The molecule has 4 aromatic carbocycles. The van der Waals surface area contributed by atoms with E-state index >= 15 is 0 Å². The molecule has 4 aromatic rings. The summed E-state index contributed by atoms with van der Waals surface area (Å²) < 4.78 is 68.6. The molecule has 3 atom stereocenters. The Morgan fingerprint density at radius 2 is 0.905 bits per heavy atom. The highest BCUT2D eigenvalue weighted by Crippen LogP contribution is 2.28. The maximum absolute atomic E-state index is 13.1. The van der Waals surface area contributed by atoms with Gasteiger partial charge in [0.25, 0.3) is 6.29 Å². The molecule has 3 unspecified atom stereocenters. The van der Waals surface area contributed by atoms with Crippen LogP contribution in [0.15, 0.2) is 117 Å². The number of phenols is 1. The molecule has 0 bridgehead atoms. The molecular formula is C30H30O10S2. The molecule has 0 aliphatic rings. The molecule has 42 heavy (non-hydrogen) atoms. The molecule has 4 rings (SSSR count). The predicted octanol–water partition coefficient (Wildman–Crippen LogP) is 3.98. The van der Waals surface area contributed by atoms with Gasteiger partial charge in [-0.2, -0.15) is 0 Å². The number of rotatable bonds is 12. The Balaban J connectivity index is 1.43. The monoisotopic (exact) mass is 614 g/mol. The van der Waals surface area contributed by atoms with Crippen LogP contribution in [0.4, 0.5) is 0 Å². The first kappa shape index (κ1) is 30.8. The average molecular weight is 615 g/mol. The molecule has 12 heteroatoms. The normalized spacial score (nSPS) is 14.0. The number of hydrogen-bond donors (Lipinski definition) is 3. The maximum atomic E-state index is 13.1. The van der Waals surface area contributed by atoms with Crippen LogP contribution >= 0.6 is 0 Å². The van der Waals surface area contributed by atoms with Crippen LogP contribution in [0.3, 0.4) is 0 Å². The molecule has 0 aliphatic heterocycles. The Hall–Kier alpha value is -4.10. The Morgan fingerprint density at radius 1 is 0.571 bits per heavy atom. The van der Waals surface area contributed by atoms with Crippen molar-refractivity contribution in [2.24, 2.45) is 0 Å². The summed E-state index contributed by atoms with van der Waals surface area (Å²) in [5, 5.41) is 29.0. The van der Waals surface area contributed by atoms with Gasteiger partial charge in [-0.25, -0.2) is 16.8 Å². The standard InChI is InChI=1S/C30H30O10S2/c1-20(31)19-38-23-5-13-27(14-6-23)42(36,37)29-17-9-25(10-18-29)40-30(21(2)32)39-24-7-15-28(16-8-24)41(34,35)26-11-3-22(33)4-12-26/h3-18,20-21,30-33H,19H2,1-2H3. The number of sulfone groups is 2. The summed E-state index contributed by atoms with van der Waals surface area (Å²) in [5.74, 6) is 0.833. The van der Waals surface area contributed by atoms with E-state index in [1.807, 2.05) is 0 Å². The fourth-order valence-corrected chi connectivity index (χ4v) is 6.24. The Labute approximate surface area is 244 Å². The highest BCUT2D eigenvalue weighted by atomic mass is 32.2. The van der Waals surface area contributed by atoms with Gasteiger partial charge in [0.1, 0.15) is 35.7 Å². The van der Waals surface area contributed by atoms with E-state index < -0.39 is 38.2 Å². The first-order valence-corrected chi connectivity index (χ1v) is 15.7. The van der Waals surface area contributed by atoms with E-state index in [0.717, 1.165) is 0 Å².